The maximum Gasteiger partial charge on any atom is 1.00 e. The Bertz CT molecular complexity index is 633. The molecule has 0 aliphatic carbocycles. The number of nitrogens with zero attached hydrogens (tertiary/aromatic N) is 1. The molecule has 0 aromatic carbocycles. The maximum atomic E-state index is 12.2. The van der Waals surface area contributed by atoms with Gasteiger partial charge in [0.15, 0.2) is 0 Å². The summed E-state index contributed by atoms with van der Waals surface area (Å²) in [5.41, 5.74) is 0. The van der Waals surface area contributed by atoms with Crippen LogP contribution in [0.3, 0.4) is 0 Å². The van der Waals surface area contributed by atoms with Crippen molar-refractivity contribution < 1.29 is 123 Å². The van der Waals surface area contributed by atoms with Gasteiger partial charge < -0.3 is 34.6 Å². The minimum absolute atomic E-state index is 0. The molecule has 0 bridgehead atoms. The Kier molecular flexibility index (Phi) is 37.6. The summed E-state index contributed by atoms with van der Waals surface area (Å²) in [6, 6.07) is -1.72. The average molecular weight is 550 g/mol. The van der Waals surface area contributed by atoms with Gasteiger partial charge in [-0.25, -0.2) is 0 Å². The standard InChI is InChI=1S/C26H45NO7.3Na/c1-2-3-4-5-6-7-8-9-10-11-12-13-14-15-16-17-20-27(23(28)18-19-24(29)30)22(26(33)34)21-25(31)32;;;/h18-19,22H,2-17,20-21H2,1H3,(H,29,30)(H,31,32)(H,33,34);;;/q;3*+1/p-3/b19-18+;;;/t22-;;;/m0.../s1. The van der Waals surface area contributed by atoms with Gasteiger partial charge in [-0.15, -0.1) is 0 Å². The number of carbonyl (C=O) groups is 4. The minimum atomic E-state index is -1.73. The fourth-order valence-electron chi connectivity index (χ4n) is 3.96. The summed E-state index contributed by atoms with van der Waals surface area (Å²) in [5, 5.41) is 32.7. The van der Waals surface area contributed by atoms with Crippen molar-refractivity contribution in [1.29, 1.82) is 0 Å². The molecule has 0 saturated carbocycles. The van der Waals surface area contributed by atoms with E-state index in [0.29, 0.717) is 18.6 Å². The summed E-state index contributed by atoms with van der Waals surface area (Å²) >= 11 is 0. The number of carboxylic acids is 3. The molecule has 0 aliphatic heterocycles. The monoisotopic (exact) mass is 549 g/mol. The number of hydrogen-bond acceptors (Lipinski definition) is 7. The third-order valence-electron chi connectivity index (χ3n) is 5.91. The fraction of sp³-hybridized carbons (Fsp3) is 0.769. The van der Waals surface area contributed by atoms with Gasteiger partial charge in [-0.2, -0.15) is 0 Å². The topological polar surface area (TPSA) is 141 Å². The van der Waals surface area contributed by atoms with E-state index in [1.807, 2.05) is 0 Å². The molecule has 0 saturated heterocycles. The number of rotatable bonds is 23. The smallest absolute Gasteiger partial charge is 0.550 e. The molecule has 0 N–H and O–H groups in total. The number of carbonyl (C=O) groups excluding carboxylic acids is 4. The minimum Gasteiger partial charge on any atom is -0.550 e. The molecule has 0 fully saturated rings. The maximum absolute atomic E-state index is 12.2. The molecule has 0 radical (unpaired) electrons. The van der Waals surface area contributed by atoms with Crippen molar-refractivity contribution in [2.24, 2.45) is 0 Å². The predicted octanol–water partition coefficient (Wildman–Crippen LogP) is -7.35. The summed E-state index contributed by atoms with van der Waals surface area (Å²) in [4.78, 5) is 45.8. The first-order valence-electron chi connectivity index (χ1n) is 12.9. The second-order valence-electron chi connectivity index (χ2n) is 8.90. The Balaban J connectivity index is -0.00000181. The van der Waals surface area contributed by atoms with Crippen molar-refractivity contribution in [3.05, 3.63) is 12.2 Å². The molecule has 0 spiro atoms. The van der Waals surface area contributed by atoms with E-state index in [1.54, 1.807) is 0 Å². The van der Waals surface area contributed by atoms with Crippen LogP contribution < -0.4 is 104 Å². The molecule has 196 valence electrons. The molecule has 0 rings (SSSR count). The number of aliphatic carboxylic acids is 3. The van der Waals surface area contributed by atoms with E-state index in [1.165, 1.54) is 70.6 Å². The number of amides is 1. The van der Waals surface area contributed by atoms with Crippen LogP contribution in [0.1, 0.15) is 116 Å². The second-order valence-corrected chi connectivity index (χ2v) is 8.90. The fourth-order valence-corrected chi connectivity index (χ4v) is 3.96. The molecule has 0 aromatic rings. The summed E-state index contributed by atoms with van der Waals surface area (Å²) in [7, 11) is 0. The first-order chi connectivity index (χ1) is 16.3. The van der Waals surface area contributed by atoms with Crippen LogP contribution in [0.2, 0.25) is 0 Å². The molecule has 8 nitrogen and oxygen atoms in total. The molecule has 37 heavy (non-hydrogen) atoms. The van der Waals surface area contributed by atoms with E-state index in [9.17, 15) is 34.5 Å². The van der Waals surface area contributed by atoms with E-state index >= 15 is 0 Å². The van der Waals surface area contributed by atoms with Gasteiger partial charge in [0.2, 0.25) is 5.91 Å². The number of carboxylic acid groups (broad SMARTS) is 3. The van der Waals surface area contributed by atoms with Crippen LogP contribution in [0.25, 0.3) is 0 Å². The summed E-state index contributed by atoms with van der Waals surface area (Å²) in [6.07, 6.45) is 18.9. The molecule has 0 aliphatic rings. The van der Waals surface area contributed by atoms with Gasteiger partial charge in [0, 0.05) is 25.0 Å². The molecular weight excluding hydrogens is 507 g/mol. The Labute approximate surface area is 289 Å². The van der Waals surface area contributed by atoms with Gasteiger partial charge in [0.05, 0.1) is 18.0 Å². The van der Waals surface area contributed by atoms with Crippen molar-refractivity contribution in [3.63, 3.8) is 0 Å². The van der Waals surface area contributed by atoms with Crippen molar-refractivity contribution in [2.75, 3.05) is 6.54 Å². The third-order valence-corrected chi connectivity index (χ3v) is 5.91. The zero-order chi connectivity index (χ0) is 25.6. The van der Waals surface area contributed by atoms with E-state index in [0.717, 1.165) is 30.6 Å². The van der Waals surface area contributed by atoms with Gasteiger partial charge in [-0.3, -0.25) is 4.79 Å². The van der Waals surface area contributed by atoms with E-state index in [-0.39, 0.29) is 95.2 Å². The van der Waals surface area contributed by atoms with Gasteiger partial charge in [0.25, 0.3) is 0 Å². The van der Waals surface area contributed by atoms with Crippen LogP contribution in [0.4, 0.5) is 0 Å². The van der Waals surface area contributed by atoms with Crippen LogP contribution in [0, 0.1) is 0 Å². The molecule has 1 atom stereocenters. The van der Waals surface area contributed by atoms with Crippen molar-refractivity contribution >= 4 is 23.8 Å². The Morgan fingerprint density at radius 3 is 1.32 bits per heavy atom. The summed E-state index contributed by atoms with van der Waals surface area (Å²) in [6.45, 7) is 2.22. The van der Waals surface area contributed by atoms with Crippen LogP contribution in [-0.4, -0.2) is 41.3 Å². The molecule has 0 aromatic heterocycles. The first-order valence-corrected chi connectivity index (χ1v) is 12.9. The normalized spacial score (nSPS) is 11.1. The molecular formula is C26H42NNa3O7. The SMILES string of the molecule is CCCCCCCCCCCCCCCCCCN(C(=O)/C=C/C(=O)[O-])[C@@H](CC(=O)[O-])C(=O)[O-].[Na+].[Na+].[Na+]. The Morgan fingerprint density at radius 1 is 0.622 bits per heavy atom. The molecule has 0 unspecified atom stereocenters. The zero-order valence-electron chi connectivity index (χ0n) is 23.8. The summed E-state index contributed by atoms with van der Waals surface area (Å²) < 4.78 is 0. The van der Waals surface area contributed by atoms with Crippen LogP contribution >= 0.6 is 0 Å². The Hall–Kier alpha value is 0.620. The average Bonchev–Trinajstić information content (AvgIpc) is 2.78. The van der Waals surface area contributed by atoms with Crippen LogP contribution in [0.15, 0.2) is 12.2 Å². The van der Waals surface area contributed by atoms with Crippen molar-refractivity contribution in [1.82, 2.24) is 4.90 Å². The summed E-state index contributed by atoms with van der Waals surface area (Å²) in [5.74, 6) is -5.89. The van der Waals surface area contributed by atoms with Crippen molar-refractivity contribution in [3.8, 4) is 0 Å². The van der Waals surface area contributed by atoms with E-state index in [2.05, 4.69) is 6.92 Å². The number of unbranched alkanes of at least 4 members (excludes halogenated alkanes) is 15. The second kappa shape index (κ2) is 31.2. The quantitative estimate of drug-likeness (QED) is 0.0701. The van der Waals surface area contributed by atoms with Crippen molar-refractivity contribution in [2.45, 2.75) is 122 Å². The first kappa shape index (κ1) is 44.6. The largest absolute Gasteiger partial charge is 1.00 e. The number of hydrogen-bond donors (Lipinski definition) is 0. The van der Waals surface area contributed by atoms with Gasteiger partial charge >= 0.3 is 88.7 Å². The van der Waals surface area contributed by atoms with Crippen LogP contribution in [0.5, 0.6) is 0 Å². The van der Waals surface area contributed by atoms with E-state index in [4.69, 9.17) is 0 Å². The predicted molar refractivity (Wildman–Crippen MR) is 124 cm³/mol. The van der Waals surface area contributed by atoms with Crippen LogP contribution in [-0.2, 0) is 19.2 Å². The molecule has 1 amide bonds. The molecule has 11 heteroatoms. The van der Waals surface area contributed by atoms with E-state index < -0.39 is 36.3 Å². The van der Waals surface area contributed by atoms with Gasteiger partial charge in [0.1, 0.15) is 0 Å². The Morgan fingerprint density at radius 2 is 1.00 bits per heavy atom. The third kappa shape index (κ3) is 28.0. The zero-order valence-corrected chi connectivity index (χ0v) is 29.8. The molecule has 0 heterocycles. The van der Waals surface area contributed by atoms with Gasteiger partial charge in [-0.05, 0) is 12.5 Å². The van der Waals surface area contributed by atoms with Gasteiger partial charge in [-0.1, -0.05) is 103 Å².